The van der Waals surface area contributed by atoms with E-state index >= 15 is 0 Å². The zero-order chi connectivity index (χ0) is 23.1. The highest BCUT2D eigenvalue weighted by Crippen LogP contribution is 2.29. The SMILES string of the molecule is Cc1nc(C(N)=CC=NCc2cccc(C(F)(F)F)c2)sc1C(=O)NCc1cccnc1. The monoisotopic (exact) mass is 459 g/mol. The maximum Gasteiger partial charge on any atom is 0.416 e. The van der Waals surface area contributed by atoms with E-state index in [1.54, 1.807) is 31.5 Å². The molecule has 0 atom stereocenters. The van der Waals surface area contributed by atoms with E-state index in [2.05, 4.69) is 20.3 Å². The average Bonchev–Trinajstić information content (AvgIpc) is 3.17. The molecule has 32 heavy (non-hydrogen) atoms. The fourth-order valence-corrected chi connectivity index (χ4v) is 3.62. The molecular formula is C22H20F3N5OS. The minimum absolute atomic E-state index is 0.0760. The number of halogens is 3. The van der Waals surface area contributed by atoms with Gasteiger partial charge in [0.15, 0.2) is 0 Å². The number of carbonyl (C=O) groups excluding carboxylic acids is 1. The van der Waals surface area contributed by atoms with Gasteiger partial charge in [0.1, 0.15) is 9.88 Å². The summed E-state index contributed by atoms with van der Waals surface area (Å²) in [5.74, 6) is -0.263. The third kappa shape index (κ3) is 6.24. The highest BCUT2D eigenvalue weighted by atomic mass is 32.1. The first-order chi connectivity index (χ1) is 15.2. The van der Waals surface area contributed by atoms with Crippen LogP contribution in [0.3, 0.4) is 0 Å². The fraction of sp³-hybridized carbons (Fsp3) is 0.182. The summed E-state index contributed by atoms with van der Waals surface area (Å²) in [4.78, 5) is 25.3. The highest BCUT2D eigenvalue weighted by Gasteiger charge is 2.30. The van der Waals surface area contributed by atoms with Gasteiger partial charge in [-0.2, -0.15) is 13.2 Å². The summed E-state index contributed by atoms with van der Waals surface area (Å²) < 4.78 is 38.3. The second kappa shape index (κ2) is 10.2. The zero-order valence-electron chi connectivity index (χ0n) is 17.1. The number of hydrogen-bond donors (Lipinski definition) is 2. The highest BCUT2D eigenvalue weighted by molar-refractivity contribution is 7.14. The molecule has 3 N–H and O–H groups in total. The van der Waals surface area contributed by atoms with E-state index in [1.807, 2.05) is 6.07 Å². The van der Waals surface area contributed by atoms with Crippen molar-refractivity contribution < 1.29 is 18.0 Å². The van der Waals surface area contributed by atoms with Gasteiger partial charge >= 0.3 is 6.18 Å². The molecule has 0 bridgehead atoms. The smallest absolute Gasteiger partial charge is 0.396 e. The van der Waals surface area contributed by atoms with Crippen LogP contribution in [0.5, 0.6) is 0 Å². The molecule has 0 radical (unpaired) electrons. The summed E-state index contributed by atoms with van der Waals surface area (Å²) in [5, 5.41) is 3.28. The van der Waals surface area contributed by atoms with E-state index in [1.165, 1.54) is 18.4 Å². The minimum atomic E-state index is -4.39. The fourth-order valence-electron chi connectivity index (χ4n) is 2.70. The topological polar surface area (TPSA) is 93.3 Å². The Morgan fingerprint density at radius 3 is 2.75 bits per heavy atom. The Hall–Kier alpha value is -3.53. The van der Waals surface area contributed by atoms with Crippen molar-refractivity contribution >= 4 is 29.2 Å². The average molecular weight is 459 g/mol. The summed E-state index contributed by atoms with van der Waals surface area (Å²) in [5.41, 5.74) is 7.47. The van der Waals surface area contributed by atoms with Crippen molar-refractivity contribution in [3.63, 3.8) is 0 Å². The third-order valence-electron chi connectivity index (χ3n) is 4.31. The molecule has 0 unspecified atom stereocenters. The van der Waals surface area contributed by atoms with Crippen molar-refractivity contribution in [2.24, 2.45) is 10.7 Å². The lowest BCUT2D eigenvalue weighted by Gasteiger charge is -2.07. The van der Waals surface area contributed by atoms with Gasteiger partial charge in [-0.15, -0.1) is 11.3 Å². The largest absolute Gasteiger partial charge is 0.416 e. The maximum absolute atomic E-state index is 12.8. The van der Waals surface area contributed by atoms with Crippen LogP contribution in [-0.2, 0) is 19.3 Å². The first kappa shape index (κ1) is 23.1. The normalized spacial score (nSPS) is 12.3. The number of aromatic nitrogens is 2. The molecule has 10 heteroatoms. The van der Waals surface area contributed by atoms with Gasteiger partial charge in [0, 0.05) is 25.2 Å². The number of alkyl halides is 3. The molecular weight excluding hydrogens is 439 g/mol. The second-order valence-corrected chi connectivity index (χ2v) is 7.79. The summed E-state index contributed by atoms with van der Waals surface area (Å²) in [6.45, 7) is 2.13. The Labute approximate surface area is 186 Å². The van der Waals surface area contributed by atoms with Crippen LogP contribution in [0.2, 0.25) is 0 Å². The first-order valence-corrected chi connectivity index (χ1v) is 10.3. The van der Waals surface area contributed by atoms with E-state index in [4.69, 9.17) is 5.73 Å². The Balaban J connectivity index is 1.61. The summed E-state index contributed by atoms with van der Waals surface area (Å²) >= 11 is 1.15. The molecule has 0 spiro atoms. The lowest BCUT2D eigenvalue weighted by atomic mass is 10.1. The Morgan fingerprint density at radius 2 is 2.03 bits per heavy atom. The van der Waals surface area contributed by atoms with Crippen molar-refractivity contribution in [2.75, 3.05) is 0 Å². The van der Waals surface area contributed by atoms with Crippen LogP contribution in [0.25, 0.3) is 5.70 Å². The van der Waals surface area contributed by atoms with Crippen LogP contribution in [0.1, 0.15) is 37.1 Å². The number of carbonyl (C=O) groups is 1. The predicted molar refractivity (Wildman–Crippen MR) is 118 cm³/mol. The molecule has 0 saturated carbocycles. The van der Waals surface area contributed by atoms with Crippen LogP contribution in [-0.4, -0.2) is 22.1 Å². The van der Waals surface area contributed by atoms with Crippen LogP contribution in [0, 0.1) is 6.92 Å². The summed E-state index contributed by atoms with van der Waals surface area (Å²) in [6, 6.07) is 8.64. The Morgan fingerprint density at radius 1 is 1.25 bits per heavy atom. The number of amides is 1. The van der Waals surface area contributed by atoms with Gasteiger partial charge in [0.25, 0.3) is 5.91 Å². The number of nitrogens with one attached hydrogen (secondary N) is 1. The molecule has 2 heterocycles. The van der Waals surface area contributed by atoms with Gasteiger partial charge in [0.05, 0.1) is 23.5 Å². The van der Waals surface area contributed by atoms with Gasteiger partial charge in [-0.25, -0.2) is 4.98 Å². The van der Waals surface area contributed by atoms with Gasteiger partial charge in [-0.05, 0) is 42.3 Å². The van der Waals surface area contributed by atoms with Crippen molar-refractivity contribution in [1.29, 1.82) is 0 Å². The van der Waals surface area contributed by atoms with Gasteiger partial charge in [-0.3, -0.25) is 14.8 Å². The molecule has 6 nitrogen and oxygen atoms in total. The second-order valence-electron chi connectivity index (χ2n) is 6.79. The lowest BCUT2D eigenvalue weighted by Crippen LogP contribution is -2.22. The molecule has 1 amide bonds. The molecule has 166 valence electrons. The molecule has 0 aliphatic rings. The van der Waals surface area contributed by atoms with E-state index in [0.29, 0.717) is 33.4 Å². The maximum atomic E-state index is 12.8. The Kier molecular flexibility index (Phi) is 7.37. The molecule has 0 aliphatic heterocycles. The summed E-state index contributed by atoms with van der Waals surface area (Å²) in [7, 11) is 0. The number of nitrogens with two attached hydrogens (primary N) is 1. The number of nitrogens with zero attached hydrogens (tertiary/aromatic N) is 3. The van der Waals surface area contributed by atoms with E-state index in [0.717, 1.165) is 29.0 Å². The number of rotatable bonds is 7. The standard InChI is InChI=1S/C22H20F3N5OS/c1-14-19(20(31)29-13-16-5-3-8-27-12-16)32-21(30-14)18(26)7-9-28-11-15-4-2-6-17(10-15)22(23,24)25/h2-10,12H,11,13,26H2,1H3,(H,29,31). The van der Waals surface area contributed by atoms with Gasteiger partial charge in [-0.1, -0.05) is 18.2 Å². The van der Waals surface area contributed by atoms with Crippen LogP contribution < -0.4 is 11.1 Å². The number of aryl methyl sites for hydroxylation is 1. The number of pyridine rings is 1. The van der Waals surface area contributed by atoms with Crippen LogP contribution in [0.4, 0.5) is 13.2 Å². The van der Waals surface area contributed by atoms with Gasteiger partial charge < -0.3 is 11.1 Å². The minimum Gasteiger partial charge on any atom is -0.396 e. The van der Waals surface area contributed by atoms with Crippen molar-refractivity contribution in [1.82, 2.24) is 15.3 Å². The molecule has 3 rings (SSSR count). The van der Waals surface area contributed by atoms with Crippen LogP contribution >= 0.6 is 11.3 Å². The van der Waals surface area contributed by atoms with Crippen LogP contribution in [0.15, 0.2) is 59.9 Å². The van der Waals surface area contributed by atoms with Crippen molar-refractivity contribution in [3.05, 3.63) is 87.1 Å². The summed E-state index contributed by atoms with van der Waals surface area (Å²) in [6.07, 6.45) is 1.85. The van der Waals surface area contributed by atoms with E-state index in [-0.39, 0.29) is 12.5 Å². The predicted octanol–water partition coefficient (Wildman–Crippen LogP) is 4.37. The molecule has 0 saturated heterocycles. The van der Waals surface area contributed by atoms with Gasteiger partial charge in [0.2, 0.25) is 0 Å². The Bertz CT molecular complexity index is 1140. The van der Waals surface area contributed by atoms with Crippen molar-refractivity contribution in [2.45, 2.75) is 26.2 Å². The number of aliphatic imine (C=N–C) groups is 1. The molecule has 2 aromatic heterocycles. The molecule has 0 fully saturated rings. The lowest BCUT2D eigenvalue weighted by molar-refractivity contribution is -0.137. The third-order valence-corrected chi connectivity index (χ3v) is 5.52. The molecule has 3 aromatic rings. The first-order valence-electron chi connectivity index (χ1n) is 9.50. The number of thiazole rings is 1. The molecule has 0 aliphatic carbocycles. The van der Waals surface area contributed by atoms with E-state index < -0.39 is 11.7 Å². The quantitative estimate of drug-likeness (QED) is 0.513. The van der Waals surface area contributed by atoms with Crippen molar-refractivity contribution in [3.8, 4) is 0 Å². The number of hydrogen-bond acceptors (Lipinski definition) is 6. The van der Waals surface area contributed by atoms with E-state index in [9.17, 15) is 18.0 Å². The number of allylic oxidation sites excluding steroid dienone is 1. The number of benzene rings is 1. The zero-order valence-corrected chi connectivity index (χ0v) is 17.9. The molecule has 1 aromatic carbocycles.